The van der Waals surface area contributed by atoms with Crippen molar-refractivity contribution in [2.75, 3.05) is 0 Å². The molecule has 3 aromatic heterocycles. The number of thiophene rings is 2. The normalized spacial score (nSPS) is 12.8. The Labute approximate surface area is 423 Å². The van der Waals surface area contributed by atoms with Gasteiger partial charge in [-0.2, -0.15) is 0 Å². The molecule has 5 aromatic carbocycles. The molecule has 356 valence electrons. The lowest BCUT2D eigenvalue weighted by Gasteiger charge is -2.31. The second-order valence-corrected chi connectivity index (χ2v) is 26.8. The lowest BCUT2D eigenvalue weighted by Crippen LogP contribution is -2.55. The van der Waals surface area contributed by atoms with Crippen LogP contribution in [0.2, 0.25) is 12.1 Å². The second-order valence-electron chi connectivity index (χ2n) is 20.2. The number of nitrogens with zero attached hydrogens (tertiary/aromatic N) is 2. The zero-order valence-electron chi connectivity index (χ0n) is 42.5. The summed E-state index contributed by atoms with van der Waals surface area (Å²) in [5.74, 6) is 0. The number of hydrogen-bond donors (Lipinski definition) is 0. The van der Waals surface area contributed by atoms with Gasteiger partial charge in [-0.05, 0) is 101 Å². The minimum Gasteiger partial charge on any atom is -0.243 e. The third-order valence-corrected chi connectivity index (χ3v) is 22.5. The molecule has 0 fully saturated rings. The van der Waals surface area contributed by atoms with Gasteiger partial charge in [-0.15, -0.1) is 22.7 Å². The molecule has 9 rings (SSSR count). The Kier molecular flexibility index (Phi) is 16.3. The van der Waals surface area contributed by atoms with Crippen LogP contribution in [-0.4, -0.2) is 18.0 Å². The van der Waals surface area contributed by atoms with Crippen LogP contribution in [0, 0.1) is 13.8 Å². The molecule has 8 aromatic rings. The summed E-state index contributed by atoms with van der Waals surface area (Å²) in [6.07, 6.45) is 20.6. The fourth-order valence-electron chi connectivity index (χ4n) is 11.2. The SMILES string of the molecule is CCCCCCCC[Si]1(CCCCCCCC)c2cc(C)ccc2-c2ccc(-c3ccc(-c4ccc(-c5ccc(C)s5)c5nc(-c6ccc(CCC)cc6)c(-c6ccc(CCC)cc6)nc45)s3)cc21. The monoisotopic (exact) mass is 963 g/mol. The largest absolute Gasteiger partial charge is 0.243 e. The van der Waals surface area contributed by atoms with Crippen LogP contribution in [0.5, 0.6) is 0 Å². The molecule has 69 heavy (non-hydrogen) atoms. The van der Waals surface area contributed by atoms with Gasteiger partial charge in [-0.25, -0.2) is 9.97 Å². The van der Waals surface area contributed by atoms with E-state index in [1.807, 2.05) is 22.7 Å². The van der Waals surface area contributed by atoms with Crippen molar-refractivity contribution in [1.29, 1.82) is 0 Å². The van der Waals surface area contributed by atoms with E-state index in [0.717, 1.165) is 70.4 Å². The highest BCUT2D eigenvalue weighted by atomic mass is 32.1. The molecule has 0 spiro atoms. The summed E-state index contributed by atoms with van der Waals surface area (Å²) in [4.78, 5) is 16.6. The van der Waals surface area contributed by atoms with E-state index in [2.05, 4.69) is 163 Å². The Morgan fingerprint density at radius 3 is 1.36 bits per heavy atom. The summed E-state index contributed by atoms with van der Waals surface area (Å²) >= 11 is 3.75. The van der Waals surface area contributed by atoms with Gasteiger partial charge in [0.15, 0.2) is 0 Å². The van der Waals surface area contributed by atoms with Crippen LogP contribution in [0.3, 0.4) is 0 Å². The molecule has 1 aliphatic heterocycles. The predicted octanol–water partition coefficient (Wildman–Crippen LogP) is 18.9. The topological polar surface area (TPSA) is 25.8 Å². The van der Waals surface area contributed by atoms with Crippen molar-refractivity contribution < 1.29 is 0 Å². The summed E-state index contributed by atoms with van der Waals surface area (Å²) in [6, 6.07) is 49.8. The van der Waals surface area contributed by atoms with Crippen molar-refractivity contribution >= 4 is 52.2 Å². The van der Waals surface area contributed by atoms with Gasteiger partial charge in [0.2, 0.25) is 0 Å². The average molecular weight is 964 g/mol. The van der Waals surface area contributed by atoms with Gasteiger partial charge >= 0.3 is 0 Å². The standard InChI is InChI=1S/C64H74N2S2Si/c1-7-11-13-15-17-19-41-69(42-20-18-16-14-12-8-2)59-43-45(5)23-34-52(59)53-35-33-51(44-60(53)69)56-39-40-58(68-56)55-37-36-54(57-38-24-46(6)67-57)63-64(55)66-62(50-31-27-48(22-10-4)28-32-50)61(65-63)49-29-25-47(21-9-3)26-30-49/h23-40,43-44H,7-22,41-42H2,1-6H3. The van der Waals surface area contributed by atoms with Crippen LogP contribution in [-0.2, 0) is 12.8 Å². The number of aromatic nitrogens is 2. The number of hydrogen-bond acceptors (Lipinski definition) is 4. The van der Waals surface area contributed by atoms with Crippen molar-refractivity contribution in [2.45, 2.75) is 156 Å². The molecule has 2 nitrogen and oxygen atoms in total. The van der Waals surface area contributed by atoms with E-state index in [0.29, 0.717) is 0 Å². The van der Waals surface area contributed by atoms with E-state index < -0.39 is 8.07 Å². The van der Waals surface area contributed by atoms with Gasteiger partial charge in [0.05, 0.1) is 22.4 Å². The van der Waals surface area contributed by atoms with Crippen LogP contribution in [0.25, 0.3) is 76.0 Å². The van der Waals surface area contributed by atoms with E-state index in [1.165, 1.54) is 142 Å². The molecular formula is C64H74N2S2Si. The predicted molar refractivity (Wildman–Crippen MR) is 307 cm³/mol. The maximum atomic E-state index is 5.76. The molecule has 5 heteroatoms. The maximum absolute atomic E-state index is 5.76. The van der Waals surface area contributed by atoms with Gasteiger partial charge in [0, 0.05) is 41.8 Å². The molecule has 0 bridgehead atoms. The van der Waals surface area contributed by atoms with E-state index in [4.69, 9.17) is 9.97 Å². The molecule has 0 saturated carbocycles. The Bertz CT molecular complexity index is 2960. The molecule has 0 N–H and O–H groups in total. The van der Waals surface area contributed by atoms with Crippen molar-refractivity contribution in [3.05, 3.63) is 143 Å². The first-order valence-corrected chi connectivity index (χ1v) is 30.9. The Hall–Kier alpha value is -4.94. The number of fused-ring (bicyclic) bond motifs is 4. The number of aryl methyl sites for hydroxylation is 4. The Morgan fingerprint density at radius 2 is 0.841 bits per heavy atom. The number of unbranched alkanes of at least 4 members (excludes halogenated alkanes) is 10. The van der Waals surface area contributed by atoms with Gasteiger partial charge in [-0.1, -0.05) is 220 Å². The number of benzene rings is 5. The molecule has 1 aliphatic rings. The first kappa shape index (κ1) is 49.1. The molecule has 0 unspecified atom stereocenters. The van der Waals surface area contributed by atoms with Crippen LogP contribution in [0.1, 0.15) is 139 Å². The zero-order chi connectivity index (χ0) is 47.7. The van der Waals surface area contributed by atoms with Crippen LogP contribution < -0.4 is 10.4 Å². The Balaban J connectivity index is 1.15. The first-order valence-electron chi connectivity index (χ1n) is 26.8. The van der Waals surface area contributed by atoms with E-state index >= 15 is 0 Å². The summed E-state index contributed by atoms with van der Waals surface area (Å²) in [7, 11) is -2.04. The average Bonchev–Trinajstić information content (AvgIpc) is 4.10. The highest BCUT2D eigenvalue weighted by molar-refractivity contribution is 7.19. The number of rotatable bonds is 23. The molecule has 0 amide bonds. The van der Waals surface area contributed by atoms with E-state index in [-0.39, 0.29) is 0 Å². The molecule has 0 saturated heterocycles. The smallest absolute Gasteiger partial charge is 0.119 e. The van der Waals surface area contributed by atoms with E-state index in [1.54, 1.807) is 10.4 Å². The summed E-state index contributed by atoms with van der Waals surface area (Å²) in [5.41, 5.74) is 16.9. The fourth-order valence-corrected chi connectivity index (χ4v) is 18.9. The highest BCUT2D eigenvalue weighted by Gasteiger charge is 2.44. The van der Waals surface area contributed by atoms with Gasteiger partial charge in [-0.3, -0.25) is 0 Å². The molecule has 0 atom stereocenters. The second kappa shape index (κ2) is 22.9. The highest BCUT2D eigenvalue weighted by Crippen LogP contribution is 2.44. The fraction of sp³-hybridized carbons (Fsp3) is 0.375. The lowest BCUT2D eigenvalue weighted by atomic mass is 9.98. The van der Waals surface area contributed by atoms with Crippen LogP contribution >= 0.6 is 22.7 Å². The maximum Gasteiger partial charge on any atom is 0.119 e. The summed E-state index contributed by atoms with van der Waals surface area (Å²) in [6.45, 7) is 13.7. The van der Waals surface area contributed by atoms with Crippen molar-refractivity contribution in [3.63, 3.8) is 0 Å². The minimum atomic E-state index is -2.04. The third-order valence-electron chi connectivity index (χ3n) is 14.9. The van der Waals surface area contributed by atoms with E-state index in [9.17, 15) is 0 Å². The van der Waals surface area contributed by atoms with Gasteiger partial charge in [0.1, 0.15) is 8.07 Å². The molecule has 4 heterocycles. The summed E-state index contributed by atoms with van der Waals surface area (Å²) < 4.78 is 0. The first-order chi connectivity index (χ1) is 33.8. The molecule has 0 aliphatic carbocycles. The molecular weight excluding hydrogens is 889 g/mol. The van der Waals surface area contributed by atoms with Crippen molar-refractivity contribution in [1.82, 2.24) is 9.97 Å². The van der Waals surface area contributed by atoms with Crippen molar-refractivity contribution in [3.8, 4) is 65.0 Å². The lowest BCUT2D eigenvalue weighted by molar-refractivity contribution is 0.616. The zero-order valence-corrected chi connectivity index (χ0v) is 45.1. The Morgan fingerprint density at radius 1 is 0.391 bits per heavy atom. The quantitative estimate of drug-likeness (QED) is 0.0472. The van der Waals surface area contributed by atoms with Gasteiger partial charge < -0.3 is 0 Å². The van der Waals surface area contributed by atoms with Crippen LogP contribution in [0.4, 0.5) is 0 Å². The minimum absolute atomic E-state index is 0.941. The molecule has 0 radical (unpaired) electrons. The van der Waals surface area contributed by atoms with Crippen molar-refractivity contribution in [2.24, 2.45) is 0 Å². The summed E-state index contributed by atoms with van der Waals surface area (Å²) in [5, 5.41) is 3.43. The van der Waals surface area contributed by atoms with Gasteiger partial charge in [0.25, 0.3) is 0 Å². The third kappa shape index (κ3) is 10.7. The van der Waals surface area contributed by atoms with Crippen LogP contribution in [0.15, 0.2) is 121 Å².